The fraction of sp³-hybridized carbons (Fsp3) is 0.600. The summed E-state index contributed by atoms with van der Waals surface area (Å²) in [6, 6.07) is -1.38. The number of aliphatic carboxylic acids is 1. The van der Waals surface area contributed by atoms with Gasteiger partial charge in [-0.1, -0.05) is 6.08 Å². The van der Waals surface area contributed by atoms with Gasteiger partial charge in [-0.25, -0.2) is 9.59 Å². The van der Waals surface area contributed by atoms with Gasteiger partial charge in [0, 0.05) is 19.5 Å². The maximum Gasteiger partial charge on any atom is 0.326 e. The van der Waals surface area contributed by atoms with E-state index in [2.05, 4.69) is 11.9 Å². The molecular weight excluding hydrogens is 212 g/mol. The Morgan fingerprint density at radius 2 is 2.25 bits per heavy atom. The van der Waals surface area contributed by atoms with E-state index < -0.39 is 24.1 Å². The number of aliphatic hydroxyl groups excluding tert-OH is 1. The molecule has 2 atom stereocenters. The molecule has 0 spiro atoms. The summed E-state index contributed by atoms with van der Waals surface area (Å²) in [5.41, 5.74) is 0. The third-order valence-electron chi connectivity index (χ3n) is 2.45. The molecular formula is C10H16N2O4. The van der Waals surface area contributed by atoms with Crippen LogP contribution < -0.4 is 5.32 Å². The Hall–Kier alpha value is -1.56. The molecule has 1 aliphatic rings. The van der Waals surface area contributed by atoms with Gasteiger partial charge in [-0.3, -0.25) is 0 Å². The summed E-state index contributed by atoms with van der Waals surface area (Å²) in [6.07, 6.45) is 1.61. The average Bonchev–Trinajstić information content (AvgIpc) is 2.61. The summed E-state index contributed by atoms with van der Waals surface area (Å²) in [5.74, 6) is -1.09. The Bertz CT molecular complexity index is 293. The second-order valence-corrected chi connectivity index (χ2v) is 3.71. The number of carboxylic acids is 1. The zero-order chi connectivity index (χ0) is 12.1. The van der Waals surface area contributed by atoms with Crippen LogP contribution in [0.4, 0.5) is 4.79 Å². The monoisotopic (exact) mass is 228 g/mol. The number of amides is 2. The van der Waals surface area contributed by atoms with E-state index in [-0.39, 0.29) is 13.0 Å². The minimum atomic E-state index is -1.09. The molecule has 1 rings (SSSR count). The van der Waals surface area contributed by atoms with Gasteiger partial charge in [-0.05, 0) is 6.42 Å². The van der Waals surface area contributed by atoms with Crippen LogP contribution in [0.2, 0.25) is 0 Å². The van der Waals surface area contributed by atoms with Gasteiger partial charge in [-0.2, -0.15) is 0 Å². The maximum atomic E-state index is 11.6. The van der Waals surface area contributed by atoms with Gasteiger partial charge in [-0.15, -0.1) is 6.58 Å². The Morgan fingerprint density at radius 1 is 1.56 bits per heavy atom. The molecule has 1 heterocycles. The number of carbonyl (C=O) groups excluding carboxylic acids is 1. The average molecular weight is 228 g/mol. The smallest absolute Gasteiger partial charge is 0.326 e. The Labute approximate surface area is 93.5 Å². The molecule has 16 heavy (non-hydrogen) atoms. The summed E-state index contributed by atoms with van der Waals surface area (Å²) in [4.78, 5) is 23.6. The zero-order valence-corrected chi connectivity index (χ0v) is 8.93. The van der Waals surface area contributed by atoms with E-state index in [1.165, 1.54) is 0 Å². The van der Waals surface area contributed by atoms with Crippen LogP contribution in [0.5, 0.6) is 0 Å². The van der Waals surface area contributed by atoms with Crippen LogP contribution in [0.1, 0.15) is 12.8 Å². The predicted molar refractivity (Wildman–Crippen MR) is 57.0 cm³/mol. The highest BCUT2D eigenvalue weighted by atomic mass is 16.4. The molecule has 0 aliphatic carbocycles. The number of β-amino-alcohol motifs (C(OH)–C–C–N with tert-alkyl or cyclic N) is 1. The first-order chi connectivity index (χ1) is 7.56. The molecule has 6 nitrogen and oxygen atoms in total. The minimum absolute atomic E-state index is 0.0664. The number of hydrogen-bond donors (Lipinski definition) is 3. The van der Waals surface area contributed by atoms with Crippen LogP contribution in [0.25, 0.3) is 0 Å². The van der Waals surface area contributed by atoms with Crippen molar-refractivity contribution in [1.29, 1.82) is 0 Å². The van der Waals surface area contributed by atoms with Crippen LogP contribution in [0.3, 0.4) is 0 Å². The van der Waals surface area contributed by atoms with Gasteiger partial charge in [0.25, 0.3) is 0 Å². The van der Waals surface area contributed by atoms with E-state index in [4.69, 9.17) is 5.11 Å². The Kier molecular flexibility index (Phi) is 4.30. The molecule has 0 aromatic rings. The summed E-state index contributed by atoms with van der Waals surface area (Å²) < 4.78 is 0. The van der Waals surface area contributed by atoms with E-state index in [1.54, 1.807) is 6.08 Å². The highest BCUT2D eigenvalue weighted by molar-refractivity contribution is 5.83. The predicted octanol–water partition coefficient (Wildman–Crippen LogP) is -0.208. The lowest BCUT2D eigenvalue weighted by molar-refractivity contribution is -0.141. The van der Waals surface area contributed by atoms with Crippen molar-refractivity contribution in [3.8, 4) is 0 Å². The maximum absolute atomic E-state index is 11.6. The van der Waals surface area contributed by atoms with Crippen LogP contribution in [0.15, 0.2) is 12.7 Å². The third kappa shape index (κ3) is 2.96. The van der Waals surface area contributed by atoms with Gasteiger partial charge in [0.2, 0.25) is 0 Å². The zero-order valence-electron chi connectivity index (χ0n) is 8.93. The number of rotatable bonds is 4. The van der Waals surface area contributed by atoms with Crippen LogP contribution in [0, 0.1) is 0 Å². The van der Waals surface area contributed by atoms with E-state index in [9.17, 15) is 14.7 Å². The molecule has 1 fully saturated rings. The molecule has 1 aliphatic heterocycles. The molecule has 0 aromatic carbocycles. The van der Waals surface area contributed by atoms with Crippen molar-refractivity contribution < 1.29 is 19.8 Å². The van der Waals surface area contributed by atoms with Crippen LogP contribution in [-0.2, 0) is 4.79 Å². The first-order valence-electron chi connectivity index (χ1n) is 5.12. The fourth-order valence-corrected chi connectivity index (χ4v) is 1.66. The SMILES string of the molecule is C=CCCNC(=O)N1C[C@@H](O)C[C@H]1C(=O)O. The fourth-order valence-electron chi connectivity index (χ4n) is 1.66. The highest BCUT2D eigenvalue weighted by Gasteiger charge is 2.38. The van der Waals surface area contributed by atoms with Crippen molar-refractivity contribution in [2.24, 2.45) is 0 Å². The summed E-state index contributed by atoms with van der Waals surface area (Å²) >= 11 is 0. The van der Waals surface area contributed by atoms with E-state index >= 15 is 0 Å². The van der Waals surface area contributed by atoms with Gasteiger partial charge >= 0.3 is 12.0 Å². The summed E-state index contributed by atoms with van der Waals surface area (Å²) in [7, 11) is 0. The molecule has 0 unspecified atom stereocenters. The van der Waals surface area contributed by atoms with Crippen molar-refractivity contribution in [2.75, 3.05) is 13.1 Å². The second-order valence-electron chi connectivity index (χ2n) is 3.71. The number of aliphatic hydroxyl groups is 1. The quantitative estimate of drug-likeness (QED) is 0.459. The van der Waals surface area contributed by atoms with Crippen LogP contribution >= 0.6 is 0 Å². The number of urea groups is 1. The van der Waals surface area contributed by atoms with Crippen molar-refractivity contribution in [1.82, 2.24) is 10.2 Å². The van der Waals surface area contributed by atoms with Crippen LogP contribution in [-0.4, -0.2) is 52.3 Å². The Morgan fingerprint density at radius 3 is 2.81 bits per heavy atom. The number of hydrogen-bond acceptors (Lipinski definition) is 3. The molecule has 90 valence electrons. The van der Waals surface area contributed by atoms with Gasteiger partial charge in [0.15, 0.2) is 0 Å². The molecule has 0 saturated carbocycles. The topological polar surface area (TPSA) is 89.9 Å². The molecule has 0 radical (unpaired) electrons. The molecule has 0 aromatic heterocycles. The van der Waals surface area contributed by atoms with Crippen molar-refractivity contribution in [3.05, 3.63) is 12.7 Å². The molecule has 2 amide bonds. The molecule has 3 N–H and O–H groups in total. The lowest BCUT2D eigenvalue weighted by Crippen LogP contribution is -2.46. The second kappa shape index (κ2) is 5.50. The first-order valence-corrected chi connectivity index (χ1v) is 5.12. The lowest BCUT2D eigenvalue weighted by Gasteiger charge is -2.21. The van der Waals surface area contributed by atoms with E-state index in [0.717, 1.165) is 4.90 Å². The largest absolute Gasteiger partial charge is 0.480 e. The Balaban J connectivity index is 2.53. The third-order valence-corrected chi connectivity index (χ3v) is 2.45. The summed E-state index contributed by atoms with van der Waals surface area (Å²) in [6.45, 7) is 4.00. The number of carbonyl (C=O) groups is 2. The highest BCUT2D eigenvalue weighted by Crippen LogP contribution is 2.17. The molecule has 1 saturated heterocycles. The number of nitrogens with zero attached hydrogens (tertiary/aromatic N) is 1. The molecule has 0 bridgehead atoms. The summed E-state index contributed by atoms with van der Waals surface area (Å²) in [5, 5.41) is 20.8. The van der Waals surface area contributed by atoms with Crippen molar-refractivity contribution in [3.63, 3.8) is 0 Å². The minimum Gasteiger partial charge on any atom is -0.480 e. The molecule has 6 heteroatoms. The van der Waals surface area contributed by atoms with Crippen molar-refractivity contribution in [2.45, 2.75) is 25.0 Å². The van der Waals surface area contributed by atoms with E-state index in [0.29, 0.717) is 13.0 Å². The lowest BCUT2D eigenvalue weighted by atomic mass is 10.2. The normalized spacial score (nSPS) is 24.2. The van der Waals surface area contributed by atoms with Gasteiger partial charge in [0.1, 0.15) is 6.04 Å². The van der Waals surface area contributed by atoms with Gasteiger partial charge in [0.05, 0.1) is 6.10 Å². The number of nitrogens with one attached hydrogen (secondary N) is 1. The number of likely N-dealkylation sites (tertiary alicyclic amines) is 1. The van der Waals surface area contributed by atoms with Gasteiger partial charge < -0.3 is 20.4 Å². The standard InChI is InChI=1S/C10H16N2O4/c1-2-3-4-11-10(16)12-6-7(13)5-8(12)9(14)15/h2,7-8,13H,1,3-6H2,(H,11,16)(H,14,15)/t7-,8-/m0/s1. The number of carboxylic acid groups (broad SMARTS) is 1. The van der Waals surface area contributed by atoms with E-state index in [1.807, 2.05) is 0 Å². The van der Waals surface area contributed by atoms with Crippen molar-refractivity contribution >= 4 is 12.0 Å². The first kappa shape index (κ1) is 12.5.